The minimum absolute atomic E-state index is 0.0837. The van der Waals surface area contributed by atoms with Crippen molar-refractivity contribution in [2.75, 3.05) is 13.2 Å². The van der Waals surface area contributed by atoms with Crippen molar-refractivity contribution >= 4 is 17.9 Å². The van der Waals surface area contributed by atoms with Crippen molar-refractivity contribution in [3.8, 4) is 0 Å². The first kappa shape index (κ1) is 63.3. The SMILES string of the molecule is CC/C=C\C/C=C\C/C=C\C/C=C\C/C=C\C/C=C\C/C=C\CCCCCC(=O)OCC(COC(=O)CCCCCCCCCCCC)OC(=O)C/C=C\C/C=C\C/C=C\C/C=C\C/C=C\CC. The standard InChI is InChI=1S/C62H96O6/c1-4-7-10-13-16-19-22-24-26-27-28-29-30-31-32-33-34-35-37-38-40-43-46-49-52-55-61(64)67-58-59(57-66-60(63)54-51-48-45-42-21-18-15-12-9-6-3)68-62(65)56-53-50-47-44-41-39-36-25-23-20-17-14-11-8-5-2/h7-8,10-11,16-17,19-20,24-26,28-29,31-32,34-36,38,40-41,44,50,53,59H,4-6,9,12-15,18,21-23,27,30,33,37,39,42-43,45-49,51-52,54-58H2,1-3H3/b10-7-,11-8-,19-16-,20-17-,26-24-,29-28-,32-31-,35-34-,36-25-,40-38-,44-41-,53-50-. The Kier molecular flexibility index (Phi) is 51.1. The van der Waals surface area contributed by atoms with Crippen LogP contribution in [0.15, 0.2) is 146 Å². The molecule has 0 aliphatic carbocycles. The Balaban J connectivity index is 4.49. The molecular formula is C62H96O6. The zero-order chi connectivity index (χ0) is 49.3. The number of ether oxygens (including phenoxy) is 3. The Hall–Kier alpha value is -4.71. The van der Waals surface area contributed by atoms with E-state index < -0.39 is 12.1 Å². The maximum Gasteiger partial charge on any atom is 0.310 e. The minimum Gasteiger partial charge on any atom is -0.462 e. The highest BCUT2D eigenvalue weighted by Crippen LogP contribution is 2.13. The fourth-order valence-electron chi connectivity index (χ4n) is 6.67. The van der Waals surface area contributed by atoms with E-state index in [0.29, 0.717) is 19.3 Å². The molecule has 0 fully saturated rings. The van der Waals surface area contributed by atoms with E-state index in [1.54, 1.807) is 6.08 Å². The lowest BCUT2D eigenvalue weighted by molar-refractivity contribution is -0.166. The van der Waals surface area contributed by atoms with Gasteiger partial charge in [-0.05, 0) is 103 Å². The molecule has 0 heterocycles. The molecule has 0 aromatic heterocycles. The molecule has 1 atom stereocenters. The van der Waals surface area contributed by atoms with Gasteiger partial charge in [-0.1, -0.05) is 231 Å². The number of unbranched alkanes of at least 4 members (excludes halogenated alkanes) is 12. The average molecular weight is 937 g/mol. The van der Waals surface area contributed by atoms with Gasteiger partial charge in [-0.15, -0.1) is 0 Å². The second-order valence-electron chi connectivity index (χ2n) is 17.0. The molecule has 0 radical (unpaired) electrons. The third kappa shape index (κ3) is 52.3. The summed E-state index contributed by atoms with van der Waals surface area (Å²) >= 11 is 0. The number of hydrogen-bond acceptors (Lipinski definition) is 6. The number of carbonyl (C=O) groups excluding carboxylic acids is 3. The van der Waals surface area contributed by atoms with Gasteiger partial charge in [0.15, 0.2) is 6.10 Å². The maximum absolute atomic E-state index is 12.7. The Morgan fingerprint density at radius 1 is 0.324 bits per heavy atom. The third-order valence-corrected chi connectivity index (χ3v) is 10.6. The lowest BCUT2D eigenvalue weighted by atomic mass is 10.1. The molecule has 6 nitrogen and oxygen atoms in total. The first-order chi connectivity index (χ1) is 33.5. The smallest absolute Gasteiger partial charge is 0.310 e. The van der Waals surface area contributed by atoms with Crippen LogP contribution in [0.25, 0.3) is 0 Å². The molecule has 380 valence electrons. The first-order valence-electron chi connectivity index (χ1n) is 26.8. The molecule has 0 aromatic carbocycles. The van der Waals surface area contributed by atoms with Gasteiger partial charge in [0.05, 0.1) is 6.42 Å². The molecule has 0 bridgehead atoms. The zero-order valence-electron chi connectivity index (χ0n) is 43.3. The average Bonchev–Trinajstić information content (AvgIpc) is 3.34. The summed E-state index contributed by atoms with van der Waals surface area (Å²) in [5.41, 5.74) is 0. The van der Waals surface area contributed by atoms with E-state index in [0.717, 1.165) is 116 Å². The monoisotopic (exact) mass is 937 g/mol. The van der Waals surface area contributed by atoms with E-state index in [1.165, 1.54) is 44.9 Å². The van der Waals surface area contributed by atoms with Gasteiger partial charge in [0.25, 0.3) is 0 Å². The van der Waals surface area contributed by atoms with Crippen LogP contribution in [-0.4, -0.2) is 37.2 Å². The van der Waals surface area contributed by atoms with Crippen LogP contribution in [0.3, 0.4) is 0 Å². The molecule has 0 rings (SSSR count). The van der Waals surface area contributed by atoms with Crippen LogP contribution in [-0.2, 0) is 28.6 Å². The van der Waals surface area contributed by atoms with E-state index in [1.807, 2.05) is 6.08 Å². The van der Waals surface area contributed by atoms with Gasteiger partial charge in [0, 0.05) is 12.8 Å². The quantitative estimate of drug-likeness (QED) is 0.0262. The number of hydrogen-bond donors (Lipinski definition) is 0. The van der Waals surface area contributed by atoms with Crippen LogP contribution in [0.2, 0.25) is 0 Å². The van der Waals surface area contributed by atoms with Gasteiger partial charge in [0.2, 0.25) is 0 Å². The predicted molar refractivity (Wildman–Crippen MR) is 292 cm³/mol. The van der Waals surface area contributed by atoms with Gasteiger partial charge < -0.3 is 14.2 Å². The molecular weight excluding hydrogens is 841 g/mol. The molecule has 0 N–H and O–H groups in total. The molecule has 0 saturated carbocycles. The number of allylic oxidation sites excluding steroid dienone is 23. The van der Waals surface area contributed by atoms with Gasteiger partial charge in [-0.25, -0.2) is 0 Å². The van der Waals surface area contributed by atoms with Crippen molar-refractivity contribution < 1.29 is 28.6 Å². The van der Waals surface area contributed by atoms with Crippen molar-refractivity contribution in [3.05, 3.63) is 146 Å². The van der Waals surface area contributed by atoms with Crippen molar-refractivity contribution in [3.63, 3.8) is 0 Å². The molecule has 6 heteroatoms. The molecule has 0 spiro atoms. The van der Waals surface area contributed by atoms with E-state index in [2.05, 4.69) is 154 Å². The Morgan fingerprint density at radius 2 is 0.618 bits per heavy atom. The molecule has 0 saturated heterocycles. The summed E-state index contributed by atoms with van der Waals surface area (Å²) in [6.07, 6.45) is 78.6. The molecule has 68 heavy (non-hydrogen) atoms. The Morgan fingerprint density at radius 3 is 0.971 bits per heavy atom. The summed E-state index contributed by atoms with van der Waals surface area (Å²) in [6.45, 7) is 6.26. The summed E-state index contributed by atoms with van der Waals surface area (Å²) in [4.78, 5) is 37.9. The van der Waals surface area contributed by atoms with E-state index in [-0.39, 0.29) is 31.6 Å². The van der Waals surface area contributed by atoms with E-state index in [4.69, 9.17) is 14.2 Å². The fourth-order valence-corrected chi connectivity index (χ4v) is 6.67. The van der Waals surface area contributed by atoms with Crippen LogP contribution in [0, 0.1) is 0 Å². The lowest BCUT2D eigenvalue weighted by Crippen LogP contribution is -2.30. The van der Waals surface area contributed by atoms with Crippen LogP contribution >= 0.6 is 0 Å². The van der Waals surface area contributed by atoms with Gasteiger partial charge >= 0.3 is 17.9 Å². The fraction of sp³-hybridized carbons (Fsp3) is 0.565. The largest absolute Gasteiger partial charge is 0.462 e. The van der Waals surface area contributed by atoms with Crippen LogP contribution in [0.1, 0.15) is 207 Å². The Labute approximate surface area is 417 Å². The van der Waals surface area contributed by atoms with Gasteiger partial charge in [0.1, 0.15) is 13.2 Å². The summed E-state index contributed by atoms with van der Waals surface area (Å²) in [7, 11) is 0. The summed E-state index contributed by atoms with van der Waals surface area (Å²) in [5.74, 6) is -1.11. The normalized spacial score (nSPS) is 13.3. The molecule has 0 aromatic rings. The number of esters is 3. The van der Waals surface area contributed by atoms with Crippen LogP contribution in [0.5, 0.6) is 0 Å². The lowest BCUT2D eigenvalue weighted by Gasteiger charge is -2.18. The van der Waals surface area contributed by atoms with Gasteiger partial charge in [-0.3, -0.25) is 14.4 Å². The predicted octanol–water partition coefficient (Wildman–Crippen LogP) is 18.0. The summed E-state index contributed by atoms with van der Waals surface area (Å²) in [5, 5.41) is 0. The summed E-state index contributed by atoms with van der Waals surface area (Å²) in [6, 6.07) is 0. The van der Waals surface area contributed by atoms with Crippen molar-refractivity contribution in [2.45, 2.75) is 213 Å². The minimum atomic E-state index is -0.850. The van der Waals surface area contributed by atoms with E-state index >= 15 is 0 Å². The highest BCUT2D eigenvalue weighted by molar-refractivity contribution is 5.72. The van der Waals surface area contributed by atoms with Gasteiger partial charge in [-0.2, -0.15) is 0 Å². The zero-order valence-corrected chi connectivity index (χ0v) is 43.3. The third-order valence-electron chi connectivity index (χ3n) is 10.6. The topological polar surface area (TPSA) is 78.9 Å². The second kappa shape index (κ2) is 54.9. The molecule has 0 aliphatic rings. The summed E-state index contributed by atoms with van der Waals surface area (Å²) < 4.78 is 16.6. The van der Waals surface area contributed by atoms with Crippen LogP contribution < -0.4 is 0 Å². The second-order valence-corrected chi connectivity index (χ2v) is 17.0. The maximum atomic E-state index is 12.7. The number of rotatable bonds is 46. The number of carbonyl (C=O) groups is 3. The van der Waals surface area contributed by atoms with Crippen LogP contribution in [0.4, 0.5) is 0 Å². The van der Waals surface area contributed by atoms with Crippen molar-refractivity contribution in [1.29, 1.82) is 0 Å². The van der Waals surface area contributed by atoms with Crippen molar-refractivity contribution in [2.24, 2.45) is 0 Å². The molecule has 0 amide bonds. The highest BCUT2D eigenvalue weighted by Gasteiger charge is 2.19. The molecule has 1 unspecified atom stereocenters. The van der Waals surface area contributed by atoms with E-state index in [9.17, 15) is 14.4 Å². The Bertz CT molecular complexity index is 1540. The molecule has 0 aliphatic heterocycles. The van der Waals surface area contributed by atoms with Crippen molar-refractivity contribution in [1.82, 2.24) is 0 Å². The highest BCUT2D eigenvalue weighted by atomic mass is 16.6. The first-order valence-corrected chi connectivity index (χ1v) is 26.8.